The van der Waals surface area contributed by atoms with Crippen molar-refractivity contribution in [2.45, 2.75) is 58.5 Å². The molecular weight excluding hydrogens is 248 g/mol. The molecule has 2 rings (SSSR count). The summed E-state index contributed by atoms with van der Waals surface area (Å²) in [7, 11) is 0. The molecule has 1 heterocycles. The minimum absolute atomic E-state index is 0.287. The highest BCUT2D eigenvalue weighted by Crippen LogP contribution is 2.30. The van der Waals surface area contributed by atoms with Gasteiger partial charge in [0.05, 0.1) is 5.56 Å². The Morgan fingerprint density at radius 2 is 2.22 bits per heavy atom. The first-order valence-corrected chi connectivity index (χ1v) is 7.24. The van der Waals surface area contributed by atoms with E-state index in [-0.39, 0.29) is 6.10 Å². The first kappa shape index (κ1) is 13.6. The maximum Gasteiger partial charge on any atom is 0.221 e. The van der Waals surface area contributed by atoms with Gasteiger partial charge in [0.25, 0.3) is 0 Å². The van der Waals surface area contributed by atoms with E-state index in [1.165, 1.54) is 19.2 Å². The van der Waals surface area contributed by atoms with Gasteiger partial charge in [0.2, 0.25) is 5.88 Å². The molecule has 2 unspecified atom stereocenters. The molecule has 18 heavy (non-hydrogen) atoms. The van der Waals surface area contributed by atoms with Crippen molar-refractivity contribution in [3.8, 4) is 5.88 Å². The van der Waals surface area contributed by atoms with Gasteiger partial charge in [-0.1, -0.05) is 38.3 Å². The Bertz CT molecular complexity index is 397. The predicted octanol–water partition coefficient (Wildman–Crippen LogP) is 4.04. The highest BCUT2D eigenvalue weighted by molar-refractivity contribution is 6.30. The van der Waals surface area contributed by atoms with Crippen LogP contribution in [0.15, 0.2) is 6.33 Å². The first-order valence-electron chi connectivity index (χ1n) is 6.86. The van der Waals surface area contributed by atoms with Crippen LogP contribution in [-0.4, -0.2) is 16.1 Å². The van der Waals surface area contributed by atoms with E-state index in [2.05, 4.69) is 23.8 Å². The van der Waals surface area contributed by atoms with Crippen LogP contribution in [0, 0.1) is 5.92 Å². The quantitative estimate of drug-likeness (QED) is 0.773. The lowest BCUT2D eigenvalue weighted by Gasteiger charge is -2.27. The van der Waals surface area contributed by atoms with E-state index in [4.69, 9.17) is 16.3 Å². The van der Waals surface area contributed by atoms with Gasteiger partial charge in [0, 0.05) is 0 Å². The van der Waals surface area contributed by atoms with Gasteiger partial charge in [-0.3, -0.25) is 0 Å². The van der Waals surface area contributed by atoms with Crippen LogP contribution in [0.5, 0.6) is 5.88 Å². The summed E-state index contributed by atoms with van der Waals surface area (Å²) in [5, 5.41) is 0.533. The van der Waals surface area contributed by atoms with Crippen molar-refractivity contribution >= 4 is 11.6 Å². The summed E-state index contributed by atoms with van der Waals surface area (Å²) in [6.07, 6.45) is 8.46. The molecule has 0 aliphatic heterocycles. The third kappa shape index (κ3) is 3.35. The molecule has 3 nitrogen and oxygen atoms in total. The Labute approximate surface area is 114 Å². The van der Waals surface area contributed by atoms with Crippen LogP contribution in [0.3, 0.4) is 0 Å². The number of aromatic nitrogens is 2. The molecule has 0 spiro atoms. The summed E-state index contributed by atoms with van der Waals surface area (Å²) >= 11 is 6.12. The molecule has 0 radical (unpaired) electrons. The largest absolute Gasteiger partial charge is 0.474 e. The fraction of sp³-hybridized carbons (Fsp3) is 0.714. The molecule has 1 aliphatic rings. The Morgan fingerprint density at radius 1 is 1.39 bits per heavy atom. The molecule has 0 bridgehead atoms. The van der Waals surface area contributed by atoms with Crippen LogP contribution in [-0.2, 0) is 6.42 Å². The van der Waals surface area contributed by atoms with Gasteiger partial charge >= 0.3 is 0 Å². The average molecular weight is 269 g/mol. The smallest absolute Gasteiger partial charge is 0.221 e. The number of ether oxygens (including phenoxy) is 1. The molecule has 0 amide bonds. The van der Waals surface area contributed by atoms with E-state index in [0.29, 0.717) is 11.0 Å². The van der Waals surface area contributed by atoms with Gasteiger partial charge in [-0.25, -0.2) is 9.97 Å². The summed E-state index contributed by atoms with van der Waals surface area (Å²) in [6, 6.07) is 0. The summed E-state index contributed by atoms with van der Waals surface area (Å²) in [5.74, 6) is 1.44. The molecule has 4 heteroatoms. The van der Waals surface area contributed by atoms with Gasteiger partial charge in [-0.05, 0) is 31.6 Å². The molecule has 100 valence electrons. The summed E-state index contributed by atoms with van der Waals surface area (Å²) in [6.45, 7) is 4.41. The van der Waals surface area contributed by atoms with E-state index < -0.39 is 0 Å². The van der Waals surface area contributed by atoms with Crippen LogP contribution in [0.2, 0.25) is 5.15 Å². The number of rotatable bonds is 4. The molecule has 1 saturated carbocycles. The van der Waals surface area contributed by atoms with Crippen LogP contribution in [0.1, 0.15) is 51.5 Å². The first-order chi connectivity index (χ1) is 8.70. The van der Waals surface area contributed by atoms with Gasteiger partial charge in [-0.15, -0.1) is 0 Å². The van der Waals surface area contributed by atoms with Gasteiger partial charge < -0.3 is 4.74 Å². The van der Waals surface area contributed by atoms with Crippen molar-refractivity contribution in [3.63, 3.8) is 0 Å². The Morgan fingerprint density at radius 3 is 2.94 bits per heavy atom. The molecule has 0 aromatic carbocycles. The maximum absolute atomic E-state index is 6.12. The van der Waals surface area contributed by atoms with Crippen LogP contribution in [0.25, 0.3) is 0 Å². The van der Waals surface area contributed by atoms with Crippen molar-refractivity contribution in [1.82, 2.24) is 9.97 Å². The average Bonchev–Trinajstić information content (AvgIpc) is 2.34. The second kappa shape index (κ2) is 6.37. The molecule has 1 aliphatic carbocycles. The van der Waals surface area contributed by atoms with Crippen molar-refractivity contribution in [1.29, 1.82) is 0 Å². The second-order valence-electron chi connectivity index (χ2n) is 5.21. The molecule has 1 fully saturated rings. The summed E-state index contributed by atoms with van der Waals surface area (Å²) < 4.78 is 6.05. The van der Waals surface area contributed by atoms with Crippen LogP contribution >= 0.6 is 11.6 Å². The second-order valence-corrected chi connectivity index (χ2v) is 5.57. The molecule has 0 saturated heterocycles. The van der Waals surface area contributed by atoms with E-state index in [1.807, 2.05) is 0 Å². The lowest BCUT2D eigenvalue weighted by molar-refractivity contribution is 0.122. The number of nitrogens with zero attached hydrogens (tertiary/aromatic N) is 2. The topological polar surface area (TPSA) is 35.0 Å². The number of hydrogen-bond acceptors (Lipinski definition) is 3. The van der Waals surface area contributed by atoms with E-state index in [9.17, 15) is 0 Å². The zero-order valence-electron chi connectivity index (χ0n) is 11.2. The zero-order chi connectivity index (χ0) is 13.0. The fourth-order valence-electron chi connectivity index (χ4n) is 2.58. The summed E-state index contributed by atoms with van der Waals surface area (Å²) in [5.41, 5.74) is 0.958. The number of halogens is 1. The van der Waals surface area contributed by atoms with Crippen LogP contribution < -0.4 is 4.74 Å². The zero-order valence-corrected chi connectivity index (χ0v) is 11.9. The van der Waals surface area contributed by atoms with Gasteiger partial charge in [-0.2, -0.15) is 0 Å². The lowest BCUT2D eigenvalue weighted by atomic mass is 9.89. The SMILES string of the molecule is CCCc1c(Cl)ncnc1OC1CCCC(C)C1. The van der Waals surface area contributed by atoms with E-state index in [1.54, 1.807) is 0 Å². The highest BCUT2D eigenvalue weighted by atomic mass is 35.5. The molecular formula is C14H21ClN2O. The van der Waals surface area contributed by atoms with Crippen molar-refractivity contribution in [3.05, 3.63) is 17.0 Å². The van der Waals surface area contributed by atoms with Gasteiger partial charge in [0.1, 0.15) is 17.6 Å². The van der Waals surface area contributed by atoms with Crippen molar-refractivity contribution in [2.75, 3.05) is 0 Å². The Balaban J connectivity index is 2.10. The molecule has 0 N–H and O–H groups in total. The Kier molecular flexibility index (Phi) is 4.81. The van der Waals surface area contributed by atoms with Crippen molar-refractivity contribution in [2.24, 2.45) is 5.92 Å². The fourth-order valence-corrected chi connectivity index (χ4v) is 2.80. The Hall–Kier alpha value is -0.830. The minimum Gasteiger partial charge on any atom is -0.474 e. The standard InChI is InChI=1S/C14H21ClN2O/c1-3-5-12-13(15)16-9-17-14(12)18-11-7-4-6-10(2)8-11/h9-11H,3-8H2,1-2H3. The monoisotopic (exact) mass is 268 g/mol. The van der Waals surface area contributed by atoms with E-state index in [0.717, 1.165) is 37.2 Å². The van der Waals surface area contributed by atoms with Gasteiger partial charge in [0.15, 0.2) is 0 Å². The molecule has 1 aromatic rings. The maximum atomic E-state index is 6.12. The number of hydrogen-bond donors (Lipinski definition) is 0. The highest BCUT2D eigenvalue weighted by Gasteiger charge is 2.22. The predicted molar refractivity (Wildman–Crippen MR) is 73.1 cm³/mol. The van der Waals surface area contributed by atoms with Crippen molar-refractivity contribution < 1.29 is 4.74 Å². The molecule has 1 aromatic heterocycles. The minimum atomic E-state index is 0.287. The normalized spacial score (nSPS) is 23.9. The molecule has 2 atom stereocenters. The third-order valence-corrected chi connectivity index (χ3v) is 3.85. The lowest BCUT2D eigenvalue weighted by Crippen LogP contribution is -2.25. The van der Waals surface area contributed by atoms with Crippen LogP contribution in [0.4, 0.5) is 0 Å². The third-order valence-electron chi connectivity index (χ3n) is 3.52. The summed E-state index contributed by atoms with van der Waals surface area (Å²) in [4.78, 5) is 8.30. The van der Waals surface area contributed by atoms with E-state index >= 15 is 0 Å².